The number of aromatic nitrogens is 2. The number of anilines is 1. The van der Waals surface area contributed by atoms with Crippen LogP contribution in [0.5, 0.6) is 17.2 Å². The molecule has 1 unspecified atom stereocenters. The van der Waals surface area contributed by atoms with Gasteiger partial charge in [-0.1, -0.05) is 65.9 Å². The number of aliphatic hydroxyl groups excluding tert-OH is 1. The number of benzene rings is 3. The quantitative estimate of drug-likeness (QED) is 0.0505. The molecule has 5 rings (SSSR count). The van der Waals surface area contributed by atoms with E-state index in [2.05, 4.69) is 10.2 Å². The first kappa shape index (κ1) is 32.3. The van der Waals surface area contributed by atoms with Crippen molar-refractivity contribution in [3.63, 3.8) is 0 Å². The lowest BCUT2D eigenvalue weighted by atomic mass is 9.95. The number of hydrogen-bond donors (Lipinski definition) is 1. The fourth-order valence-electron chi connectivity index (χ4n) is 4.78. The van der Waals surface area contributed by atoms with Crippen LogP contribution < -0.4 is 19.1 Å². The average Bonchev–Trinajstić information content (AvgIpc) is 3.62. The van der Waals surface area contributed by atoms with Gasteiger partial charge in [-0.05, 0) is 73.9 Å². The van der Waals surface area contributed by atoms with Crippen LogP contribution in [0.1, 0.15) is 49.9 Å². The number of halogens is 1. The topological polar surface area (TPSA) is 111 Å². The molecule has 1 saturated heterocycles. The molecule has 1 amide bonds. The molecule has 1 fully saturated rings. The Morgan fingerprint density at radius 1 is 0.956 bits per heavy atom. The largest absolute Gasteiger partial charge is 0.507 e. The Balaban J connectivity index is 1.57. The molecule has 3 aromatic carbocycles. The third-order valence-corrected chi connectivity index (χ3v) is 9.31. The number of carbonyl (C=O) groups excluding carboxylic acids is 2. The fourth-order valence-corrected chi connectivity index (χ4v) is 6.93. The Bertz CT molecular complexity index is 1710. The molecule has 1 atom stereocenters. The molecule has 1 aliphatic rings. The predicted octanol–water partition coefficient (Wildman–Crippen LogP) is 7.70. The van der Waals surface area contributed by atoms with Gasteiger partial charge in [-0.2, -0.15) is 0 Å². The first-order valence-corrected chi connectivity index (χ1v) is 16.7. The summed E-state index contributed by atoms with van der Waals surface area (Å²) >= 11 is 8.92. The summed E-state index contributed by atoms with van der Waals surface area (Å²) in [5, 5.41) is 21.0. The van der Waals surface area contributed by atoms with Gasteiger partial charge in [0, 0.05) is 16.3 Å². The molecule has 0 radical (unpaired) electrons. The van der Waals surface area contributed by atoms with Crippen LogP contribution in [0.15, 0.2) is 76.6 Å². The van der Waals surface area contributed by atoms with Crippen LogP contribution in [0.2, 0.25) is 5.02 Å². The van der Waals surface area contributed by atoms with Crippen molar-refractivity contribution in [2.75, 3.05) is 24.7 Å². The van der Waals surface area contributed by atoms with Crippen molar-refractivity contribution in [2.24, 2.45) is 0 Å². The molecule has 0 aliphatic carbocycles. The van der Waals surface area contributed by atoms with Crippen LogP contribution in [-0.4, -0.2) is 46.8 Å². The van der Waals surface area contributed by atoms with Crippen molar-refractivity contribution >= 4 is 57.3 Å². The van der Waals surface area contributed by atoms with Crippen LogP contribution in [0.3, 0.4) is 0 Å². The monoisotopic (exact) mass is 665 g/mol. The van der Waals surface area contributed by atoms with Crippen molar-refractivity contribution in [1.29, 1.82) is 0 Å². The molecule has 0 bridgehead atoms. The van der Waals surface area contributed by atoms with E-state index in [-0.39, 0.29) is 16.5 Å². The number of rotatable bonds is 13. The predicted molar refractivity (Wildman–Crippen MR) is 177 cm³/mol. The molecule has 9 nitrogen and oxygen atoms in total. The number of ketones is 1. The van der Waals surface area contributed by atoms with Gasteiger partial charge in [0.25, 0.3) is 5.78 Å². The number of nitrogens with zero attached hydrogens (tertiary/aromatic N) is 3. The molecule has 4 aromatic rings. The summed E-state index contributed by atoms with van der Waals surface area (Å²) in [6.07, 6.45) is 0.850. The van der Waals surface area contributed by atoms with Crippen LogP contribution >= 0.6 is 34.7 Å². The van der Waals surface area contributed by atoms with Gasteiger partial charge in [0.05, 0.1) is 31.4 Å². The maximum atomic E-state index is 13.7. The zero-order valence-electron chi connectivity index (χ0n) is 25.0. The summed E-state index contributed by atoms with van der Waals surface area (Å²) in [6, 6.07) is 18.5. The summed E-state index contributed by atoms with van der Waals surface area (Å²) in [6.45, 7) is 7.08. The lowest BCUT2D eigenvalue weighted by molar-refractivity contribution is -0.132. The number of hydrogen-bond acceptors (Lipinski definition) is 10. The van der Waals surface area contributed by atoms with Gasteiger partial charge in [-0.25, -0.2) is 0 Å². The second-order valence-corrected chi connectivity index (χ2v) is 12.4. The second-order valence-electron chi connectivity index (χ2n) is 9.84. The second kappa shape index (κ2) is 14.8. The molecular weight excluding hydrogens is 634 g/mol. The van der Waals surface area contributed by atoms with Gasteiger partial charge in [0.15, 0.2) is 15.8 Å². The first-order chi connectivity index (χ1) is 21.9. The Morgan fingerprint density at radius 3 is 2.40 bits per heavy atom. The van der Waals surface area contributed by atoms with Gasteiger partial charge in [0.2, 0.25) is 5.13 Å². The van der Waals surface area contributed by atoms with E-state index in [0.29, 0.717) is 63.3 Å². The standard InChI is InChI=1S/C33H32ClN3O6S2/c1-4-17-43-23-14-11-20(12-15-23)29(38)27-28(21-13-16-25(41-5-2)26(18-21)42-6-3)37(31(40)30(27)39)32-35-36-33(45-32)44-19-22-9-7-8-10-24(22)34/h7-16,18,28,38H,4-6,17,19H2,1-3H3/b29-27+. The Kier molecular flexibility index (Phi) is 10.6. The average molecular weight is 666 g/mol. The smallest absolute Gasteiger partial charge is 0.301 e. The van der Waals surface area contributed by atoms with Gasteiger partial charge >= 0.3 is 5.91 Å². The normalized spacial score (nSPS) is 15.8. The number of ether oxygens (including phenoxy) is 3. The van der Waals surface area contributed by atoms with E-state index in [4.69, 9.17) is 25.8 Å². The molecular formula is C33H32ClN3O6S2. The number of Topliss-reactive ketones (excluding diaryl/α,β-unsaturated/α-hetero) is 1. The SMILES string of the molecule is CCCOc1ccc(/C(O)=C2\C(=O)C(=O)N(c3nnc(SCc4ccccc4Cl)s3)C2c2ccc(OCC)c(OCC)c2)cc1. The Labute approximate surface area is 274 Å². The minimum absolute atomic E-state index is 0.0747. The highest BCUT2D eigenvalue weighted by Crippen LogP contribution is 2.46. The number of amides is 1. The van der Waals surface area contributed by atoms with Gasteiger partial charge < -0.3 is 19.3 Å². The lowest BCUT2D eigenvalue weighted by Crippen LogP contribution is -2.29. The molecule has 234 valence electrons. The zero-order valence-corrected chi connectivity index (χ0v) is 27.4. The molecule has 0 spiro atoms. The first-order valence-electron chi connectivity index (χ1n) is 14.5. The molecule has 1 aliphatic heterocycles. The lowest BCUT2D eigenvalue weighted by Gasteiger charge is -2.23. The Morgan fingerprint density at radius 2 is 1.69 bits per heavy atom. The summed E-state index contributed by atoms with van der Waals surface area (Å²) < 4.78 is 17.9. The highest BCUT2D eigenvalue weighted by Gasteiger charge is 2.48. The van der Waals surface area contributed by atoms with Crippen LogP contribution in [0, 0.1) is 0 Å². The maximum Gasteiger partial charge on any atom is 0.301 e. The summed E-state index contributed by atoms with van der Waals surface area (Å²) in [4.78, 5) is 28.7. The molecule has 1 N–H and O–H groups in total. The van der Waals surface area contributed by atoms with E-state index in [1.54, 1.807) is 42.5 Å². The number of carbonyl (C=O) groups is 2. The summed E-state index contributed by atoms with van der Waals surface area (Å²) in [7, 11) is 0. The van der Waals surface area contributed by atoms with Crippen molar-refractivity contribution in [2.45, 2.75) is 43.3 Å². The molecule has 2 heterocycles. The molecule has 12 heteroatoms. The molecule has 0 saturated carbocycles. The minimum atomic E-state index is -1.01. The van der Waals surface area contributed by atoms with Gasteiger partial charge in [-0.15, -0.1) is 10.2 Å². The van der Waals surface area contributed by atoms with Crippen molar-refractivity contribution in [3.8, 4) is 17.2 Å². The van der Waals surface area contributed by atoms with Crippen molar-refractivity contribution in [3.05, 3.63) is 94.0 Å². The summed E-state index contributed by atoms with van der Waals surface area (Å²) in [5.41, 5.74) is 1.76. The van der Waals surface area contributed by atoms with Gasteiger partial charge in [0.1, 0.15) is 11.5 Å². The number of aliphatic hydroxyl groups is 1. The van der Waals surface area contributed by atoms with Crippen LogP contribution in [-0.2, 0) is 15.3 Å². The van der Waals surface area contributed by atoms with Crippen LogP contribution in [0.25, 0.3) is 5.76 Å². The third kappa shape index (κ3) is 7.11. The highest BCUT2D eigenvalue weighted by molar-refractivity contribution is 8.00. The molecule has 1 aromatic heterocycles. The molecule has 45 heavy (non-hydrogen) atoms. The summed E-state index contributed by atoms with van der Waals surface area (Å²) in [5.74, 6) is 0.184. The van der Waals surface area contributed by atoms with E-state index < -0.39 is 17.7 Å². The van der Waals surface area contributed by atoms with Crippen LogP contribution in [0.4, 0.5) is 5.13 Å². The maximum absolute atomic E-state index is 13.7. The van der Waals surface area contributed by atoms with Gasteiger partial charge in [-0.3, -0.25) is 14.5 Å². The van der Waals surface area contributed by atoms with E-state index in [1.807, 2.05) is 45.0 Å². The zero-order chi connectivity index (χ0) is 31.9. The van der Waals surface area contributed by atoms with E-state index >= 15 is 0 Å². The van der Waals surface area contributed by atoms with E-state index in [0.717, 1.165) is 12.0 Å². The van der Waals surface area contributed by atoms with E-state index in [9.17, 15) is 14.7 Å². The number of thioether (sulfide) groups is 1. The minimum Gasteiger partial charge on any atom is -0.507 e. The fraction of sp³-hybridized carbons (Fsp3) is 0.273. The van der Waals surface area contributed by atoms with Crippen molar-refractivity contribution < 1.29 is 28.9 Å². The Hall–Kier alpha value is -4.06. The third-order valence-electron chi connectivity index (χ3n) is 6.84. The van der Waals surface area contributed by atoms with Crippen molar-refractivity contribution in [1.82, 2.24) is 10.2 Å². The highest BCUT2D eigenvalue weighted by atomic mass is 35.5. The van der Waals surface area contributed by atoms with E-state index in [1.165, 1.54) is 28.0 Å².